The number of thioether (sulfide) groups is 1. The van der Waals surface area contributed by atoms with E-state index in [0.29, 0.717) is 18.2 Å². The summed E-state index contributed by atoms with van der Waals surface area (Å²) in [6.07, 6.45) is 0.887. The number of benzene rings is 1. The van der Waals surface area contributed by atoms with E-state index in [9.17, 15) is 4.79 Å². The van der Waals surface area contributed by atoms with Crippen molar-refractivity contribution < 1.29 is 14.1 Å². The molecule has 1 aromatic heterocycles. The fourth-order valence-electron chi connectivity index (χ4n) is 2.04. The Bertz CT molecular complexity index is 685. The maximum Gasteiger partial charge on any atom is 0.238 e. The first-order valence-electron chi connectivity index (χ1n) is 8.01. The minimum Gasteiger partial charge on any atom is -0.494 e. The van der Waals surface area contributed by atoms with Crippen LogP contribution in [0.4, 0.5) is 5.82 Å². The van der Waals surface area contributed by atoms with Gasteiger partial charge in [0.2, 0.25) is 5.91 Å². The van der Waals surface area contributed by atoms with Crippen molar-refractivity contribution in [1.82, 2.24) is 5.16 Å². The highest BCUT2D eigenvalue weighted by molar-refractivity contribution is 8.00. The second kappa shape index (κ2) is 8.78. The van der Waals surface area contributed by atoms with Crippen LogP contribution in [-0.4, -0.2) is 28.7 Å². The van der Waals surface area contributed by atoms with E-state index in [1.54, 1.807) is 24.8 Å². The molecule has 2 rings (SSSR count). The minimum absolute atomic E-state index is 0.0663. The third-order valence-electron chi connectivity index (χ3n) is 3.65. The van der Waals surface area contributed by atoms with Crippen LogP contribution in [0.3, 0.4) is 0 Å². The number of carbonyl (C=O) groups excluding carboxylic acids is 1. The van der Waals surface area contributed by atoms with Gasteiger partial charge in [0.25, 0.3) is 0 Å². The van der Waals surface area contributed by atoms with Crippen LogP contribution in [0.1, 0.15) is 30.2 Å². The highest BCUT2D eigenvalue weighted by atomic mass is 32.2. The van der Waals surface area contributed by atoms with Crippen molar-refractivity contribution in [2.45, 2.75) is 39.4 Å². The molecule has 0 aliphatic rings. The van der Waals surface area contributed by atoms with Crippen LogP contribution in [0.2, 0.25) is 0 Å². The molecule has 5 nitrogen and oxygen atoms in total. The van der Waals surface area contributed by atoms with Crippen LogP contribution >= 0.6 is 11.8 Å². The van der Waals surface area contributed by atoms with E-state index in [2.05, 4.69) is 36.5 Å². The number of ether oxygens (including phenoxy) is 1. The van der Waals surface area contributed by atoms with Gasteiger partial charge in [0.15, 0.2) is 5.82 Å². The van der Waals surface area contributed by atoms with Crippen molar-refractivity contribution >= 4 is 23.5 Å². The molecule has 0 spiro atoms. The van der Waals surface area contributed by atoms with Gasteiger partial charge in [0, 0.05) is 6.07 Å². The maximum atomic E-state index is 12.0. The Morgan fingerprint density at radius 2 is 2.08 bits per heavy atom. The smallest absolute Gasteiger partial charge is 0.238 e. The van der Waals surface area contributed by atoms with E-state index < -0.39 is 0 Å². The number of hydrogen-bond donors (Lipinski definition) is 1. The number of nitrogens with zero attached hydrogens (tertiary/aromatic N) is 1. The maximum absolute atomic E-state index is 12.0. The molecule has 1 heterocycles. The monoisotopic (exact) mass is 348 g/mol. The summed E-state index contributed by atoms with van der Waals surface area (Å²) in [5, 5.41) is 6.35. The Morgan fingerprint density at radius 3 is 2.75 bits per heavy atom. The molecule has 1 atom stereocenters. The summed E-state index contributed by atoms with van der Waals surface area (Å²) in [4.78, 5) is 12.0. The van der Waals surface area contributed by atoms with Gasteiger partial charge in [-0.3, -0.25) is 4.79 Å². The molecule has 1 aromatic carbocycles. The van der Waals surface area contributed by atoms with E-state index in [-0.39, 0.29) is 11.2 Å². The van der Waals surface area contributed by atoms with Gasteiger partial charge in [0.05, 0.1) is 11.9 Å². The number of anilines is 1. The van der Waals surface area contributed by atoms with Gasteiger partial charge in [-0.25, -0.2) is 0 Å². The highest BCUT2D eigenvalue weighted by Gasteiger charge is 2.14. The molecule has 130 valence electrons. The number of rotatable bonds is 8. The SMILES string of the molecule is Cc1cc(NC(=O)C(C)SCCCOc2ccc(C)c(C)c2)no1. The Labute approximate surface area is 147 Å². The zero-order valence-corrected chi connectivity index (χ0v) is 15.4. The summed E-state index contributed by atoms with van der Waals surface area (Å²) in [5.74, 6) is 2.83. The summed E-state index contributed by atoms with van der Waals surface area (Å²) in [6, 6.07) is 7.81. The second-order valence-corrected chi connectivity index (χ2v) is 7.22. The summed E-state index contributed by atoms with van der Waals surface area (Å²) in [7, 11) is 0. The number of amides is 1. The molecule has 0 saturated carbocycles. The quantitative estimate of drug-likeness (QED) is 0.727. The molecule has 2 aromatic rings. The standard InChI is InChI=1S/C18H24N2O3S/c1-12-6-7-16(10-13(12)2)22-8-5-9-24-15(4)18(21)19-17-11-14(3)23-20-17/h6-7,10-11,15H,5,8-9H2,1-4H3,(H,19,20,21). The number of carbonyl (C=O) groups is 1. The molecule has 6 heteroatoms. The van der Waals surface area contributed by atoms with Gasteiger partial charge in [-0.2, -0.15) is 0 Å². The number of nitrogens with one attached hydrogen (secondary N) is 1. The van der Waals surface area contributed by atoms with E-state index in [0.717, 1.165) is 17.9 Å². The van der Waals surface area contributed by atoms with Crippen LogP contribution in [0.5, 0.6) is 5.75 Å². The molecule has 1 amide bonds. The first kappa shape index (κ1) is 18.4. The largest absolute Gasteiger partial charge is 0.494 e. The fourth-order valence-corrected chi connectivity index (χ4v) is 2.89. The Morgan fingerprint density at radius 1 is 1.29 bits per heavy atom. The van der Waals surface area contributed by atoms with Gasteiger partial charge in [-0.1, -0.05) is 11.2 Å². The summed E-state index contributed by atoms with van der Waals surface area (Å²) >= 11 is 1.60. The van der Waals surface area contributed by atoms with Gasteiger partial charge >= 0.3 is 0 Å². The van der Waals surface area contributed by atoms with Gasteiger partial charge < -0.3 is 14.6 Å². The van der Waals surface area contributed by atoms with E-state index in [1.807, 2.05) is 13.0 Å². The Balaban J connectivity index is 1.64. The van der Waals surface area contributed by atoms with Crippen molar-refractivity contribution in [3.05, 3.63) is 41.2 Å². The van der Waals surface area contributed by atoms with Crippen LogP contribution in [-0.2, 0) is 4.79 Å². The van der Waals surface area contributed by atoms with E-state index >= 15 is 0 Å². The van der Waals surface area contributed by atoms with Crippen molar-refractivity contribution in [3.8, 4) is 5.75 Å². The third-order valence-corrected chi connectivity index (χ3v) is 4.89. The number of aromatic nitrogens is 1. The molecule has 0 saturated heterocycles. The molecular weight excluding hydrogens is 324 g/mol. The number of aryl methyl sites for hydroxylation is 3. The lowest BCUT2D eigenvalue weighted by atomic mass is 10.1. The lowest BCUT2D eigenvalue weighted by Crippen LogP contribution is -2.23. The summed E-state index contributed by atoms with van der Waals surface area (Å²) < 4.78 is 10.7. The lowest BCUT2D eigenvalue weighted by molar-refractivity contribution is -0.115. The van der Waals surface area contributed by atoms with Gasteiger partial charge in [-0.15, -0.1) is 11.8 Å². The van der Waals surface area contributed by atoms with Crippen molar-refractivity contribution in [1.29, 1.82) is 0 Å². The third kappa shape index (κ3) is 5.60. The predicted molar refractivity (Wildman–Crippen MR) is 97.8 cm³/mol. The lowest BCUT2D eigenvalue weighted by Gasteiger charge is -2.11. The molecule has 0 fully saturated rings. The van der Waals surface area contributed by atoms with Crippen molar-refractivity contribution in [3.63, 3.8) is 0 Å². The first-order valence-corrected chi connectivity index (χ1v) is 9.06. The summed E-state index contributed by atoms with van der Waals surface area (Å²) in [6.45, 7) is 8.48. The molecule has 0 bridgehead atoms. The molecule has 24 heavy (non-hydrogen) atoms. The molecular formula is C18H24N2O3S. The topological polar surface area (TPSA) is 64.4 Å². The first-order chi connectivity index (χ1) is 11.5. The predicted octanol–water partition coefficient (Wildman–Crippen LogP) is 4.13. The van der Waals surface area contributed by atoms with Crippen LogP contribution in [0.25, 0.3) is 0 Å². The molecule has 0 aliphatic heterocycles. The molecule has 0 radical (unpaired) electrons. The van der Waals surface area contributed by atoms with E-state index in [4.69, 9.17) is 9.26 Å². The van der Waals surface area contributed by atoms with Crippen molar-refractivity contribution in [2.24, 2.45) is 0 Å². The minimum atomic E-state index is -0.149. The average molecular weight is 348 g/mol. The highest BCUT2D eigenvalue weighted by Crippen LogP contribution is 2.18. The van der Waals surface area contributed by atoms with Crippen LogP contribution < -0.4 is 10.1 Å². The van der Waals surface area contributed by atoms with Gasteiger partial charge in [0.1, 0.15) is 11.5 Å². The second-order valence-electron chi connectivity index (χ2n) is 5.77. The van der Waals surface area contributed by atoms with Crippen LogP contribution in [0, 0.1) is 20.8 Å². The Hall–Kier alpha value is -1.95. The number of hydrogen-bond acceptors (Lipinski definition) is 5. The Kier molecular flexibility index (Phi) is 6.73. The summed E-state index contributed by atoms with van der Waals surface area (Å²) in [5.41, 5.74) is 2.50. The molecule has 1 N–H and O–H groups in total. The van der Waals surface area contributed by atoms with Crippen molar-refractivity contribution in [2.75, 3.05) is 17.7 Å². The van der Waals surface area contributed by atoms with Crippen LogP contribution in [0.15, 0.2) is 28.8 Å². The van der Waals surface area contributed by atoms with E-state index in [1.165, 1.54) is 11.1 Å². The van der Waals surface area contributed by atoms with Gasteiger partial charge in [-0.05, 0) is 63.1 Å². The zero-order chi connectivity index (χ0) is 17.5. The molecule has 0 aliphatic carbocycles. The fraction of sp³-hybridized carbons (Fsp3) is 0.444. The zero-order valence-electron chi connectivity index (χ0n) is 14.6. The normalized spacial score (nSPS) is 12.0. The average Bonchev–Trinajstić information content (AvgIpc) is 2.95. The molecule has 1 unspecified atom stereocenters.